The third-order valence-corrected chi connectivity index (χ3v) is 2.42. The fraction of sp³-hybridized carbons (Fsp3) is 0.556. The number of aromatic nitrogens is 2. The fourth-order valence-electron chi connectivity index (χ4n) is 1.61. The van der Waals surface area contributed by atoms with E-state index in [0.29, 0.717) is 6.54 Å². The first-order valence-corrected chi connectivity index (χ1v) is 4.84. The highest BCUT2D eigenvalue weighted by atomic mass is 16.2. The first kappa shape index (κ1) is 9.05. The standard InChI is InChI=1S/C9H14N4O/c1-2-12-5-3-10-8(12)7-13-6-4-11-9(13)14/h3,5H,2,4,6-7H2,1H3,(H,11,14). The number of hydrogen-bond acceptors (Lipinski definition) is 2. The van der Waals surface area contributed by atoms with Gasteiger partial charge in [0, 0.05) is 32.0 Å². The Morgan fingerprint density at radius 2 is 2.50 bits per heavy atom. The lowest BCUT2D eigenvalue weighted by atomic mass is 10.5. The monoisotopic (exact) mass is 194 g/mol. The molecule has 1 aliphatic rings. The van der Waals surface area contributed by atoms with Crippen LogP contribution in [0.5, 0.6) is 0 Å². The molecule has 1 aliphatic heterocycles. The SMILES string of the molecule is CCn1ccnc1CN1CCNC1=O. The number of imidazole rings is 1. The molecule has 1 aromatic rings. The fourth-order valence-corrected chi connectivity index (χ4v) is 1.61. The molecule has 0 unspecified atom stereocenters. The Kier molecular flexibility index (Phi) is 2.39. The third-order valence-electron chi connectivity index (χ3n) is 2.42. The van der Waals surface area contributed by atoms with E-state index in [1.807, 2.05) is 10.8 Å². The molecule has 5 nitrogen and oxygen atoms in total. The van der Waals surface area contributed by atoms with E-state index in [-0.39, 0.29) is 6.03 Å². The summed E-state index contributed by atoms with van der Waals surface area (Å²) in [7, 11) is 0. The molecule has 0 aromatic carbocycles. The average Bonchev–Trinajstić information content (AvgIpc) is 2.77. The molecule has 2 rings (SSSR count). The van der Waals surface area contributed by atoms with Crippen molar-refractivity contribution in [2.24, 2.45) is 0 Å². The smallest absolute Gasteiger partial charge is 0.317 e. The lowest BCUT2D eigenvalue weighted by molar-refractivity contribution is 0.214. The Morgan fingerprint density at radius 3 is 3.14 bits per heavy atom. The Hall–Kier alpha value is -1.52. The molecule has 2 heterocycles. The van der Waals surface area contributed by atoms with E-state index >= 15 is 0 Å². The van der Waals surface area contributed by atoms with Crippen molar-refractivity contribution in [1.82, 2.24) is 19.8 Å². The summed E-state index contributed by atoms with van der Waals surface area (Å²) in [6.07, 6.45) is 3.70. The van der Waals surface area contributed by atoms with Gasteiger partial charge in [0.25, 0.3) is 0 Å². The number of amides is 2. The number of carbonyl (C=O) groups excluding carboxylic acids is 1. The van der Waals surface area contributed by atoms with Crippen LogP contribution in [-0.4, -0.2) is 33.6 Å². The van der Waals surface area contributed by atoms with Crippen LogP contribution < -0.4 is 5.32 Å². The van der Waals surface area contributed by atoms with Crippen LogP contribution in [0.1, 0.15) is 12.7 Å². The van der Waals surface area contributed by atoms with Crippen molar-refractivity contribution in [1.29, 1.82) is 0 Å². The van der Waals surface area contributed by atoms with E-state index in [2.05, 4.69) is 17.2 Å². The van der Waals surface area contributed by atoms with E-state index in [1.165, 1.54) is 0 Å². The van der Waals surface area contributed by atoms with Crippen molar-refractivity contribution in [2.45, 2.75) is 20.0 Å². The number of hydrogen-bond donors (Lipinski definition) is 1. The van der Waals surface area contributed by atoms with Gasteiger partial charge in [-0.05, 0) is 6.92 Å². The van der Waals surface area contributed by atoms with Crippen molar-refractivity contribution in [3.63, 3.8) is 0 Å². The first-order chi connectivity index (χ1) is 6.81. The van der Waals surface area contributed by atoms with Gasteiger partial charge in [-0.3, -0.25) is 0 Å². The van der Waals surface area contributed by atoms with E-state index in [9.17, 15) is 4.79 Å². The highest BCUT2D eigenvalue weighted by Crippen LogP contribution is 2.05. The molecular weight excluding hydrogens is 180 g/mol. The molecule has 0 spiro atoms. The first-order valence-electron chi connectivity index (χ1n) is 4.84. The molecule has 1 aromatic heterocycles. The molecule has 0 saturated carbocycles. The number of urea groups is 1. The van der Waals surface area contributed by atoms with Crippen molar-refractivity contribution in [2.75, 3.05) is 13.1 Å². The minimum absolute atomic E-state index is 0.00986. The van der Waals surface area contributed by atoms with Crippen LogP contribution in [0.25, 0.3) is 0 Å². The number of aryl methyl sites for hydroxylation is 1. The normalized spacial score (nSPS) is 16.1. The molecule has 0 aliphatic carbocycles. The van der Waals surface area contributed by atoms with Crippen molar-refractivity contribution in [3.05, 3.63) is 18.2 Å². The minimum Gasteiger partial charge on any atom is -0.336 e. The lowest BCUT2D eigenvalue weighted by Gasteiger charge is -2.14. The summed E-state index contributed by atoms with van der Waals surface area (Å²) in [6, 6.07) is 0.00986. The van der Waals surface area contributed by atoms with Crippen LogP contribution in [0.2, 0.25) is 0 Å². The zero-order chi connectivity index (χ0) is 9.97. The second-order valence-corrected chi connectivity index (χ2v) is 3.28. The maximum atomic E-state index is 11.3. The summed E-state index contributed by atoms with van der Waals surface area (Å²) in [6.45, 7) is 5.08. The van der Waals surface area contributed by atoms with Crippen LogP contribution in [0.4, 0.5) is 4.79 Å². The van der Waals surface area contributed by atoms with Crippen LogP contribution >= 0.6 is 0 Å². The molecule has 1 fully saturated rings. The third kappa shape index (κ3) is 1.57. The Labute approximate surface area is 82.7 Å². The van der Waals surface area contributed by atoms with Crippen molar-refractivity contribution in [3.8, 4) is 0 Å². The largest absolute Gasteiger partial charge is 0.336 e. The van der Waals surface area contributed by atoms with E-state index < -0.39 is 0 Å². The van der Waals surface area contributed by atoms with Gasteiger partial charge in [-0.2, -0.15) is 0 Å². The van der Waals surface area contributed by atoms with Crippen LogP contribution in [0.3, 0.4) is 0 Å². The zero-order valence-corrected chi connectivity index (χ0v) is 8.23. The molecule has 5 heteroatoms. The maximum absolute atomic E-state index is 11.3. The lowest BCUT2D eigenvalue weighted by Crippen LogP contribution is -2.28. The van der Waals surface area contributed by atoms with Gasteiger partial charge < -0.3 is 14.8 Å². The summed E-state index contributed by atoms with van der Waals surface area (Å²) >= 11 is 0. The van der Waals surface area contributed by atoms with Crippen LogP contribution in [-0.2, 0) is 13.1 Å². The molecule has 1 N–H and O–H groups in total. The van der Waals surface area contributed by atoms with Gasteiger partial charge in [-0.15, -0.1) is 0 Å². The van der Waals surface area contributed by atoms with Crippen LogP contribution in [0, 0.1) is 0 Å². The van der Waals surface area contributed by atoms with E-state index in [0.717, 1.165) is 25.5 Å². The van der Waals surface area contributed by atoms with Crippen molar-refractivity contribution < 1.29 is 4.79 Å². The summed E-state index contributed by atoms with van der Waals surface area (Å²) in [5.41, 5.74) is 0. The predicted octanol–water partition coefficient (Wildman–Crippen LogP) is 0.428. The number of nitrogens with zero attached hydrogens (tertiary/aromatic N) is 3. The highest BCUT2D eigenvalue weighted by molar-refractivity contribution is 5.76. The van der Waals surface area contributed by atoms with E-state index in [1.54, 1.807) is 11.1 Å². The van der Waals surface area contributed by atoms with Crippen LogP contribution in [0.15, 0.2) is 12.4 Å². The maximum Gasteiger partial charge on any atom is 0.317 e. The quantitative estimate of drug-likeness (QED) is 0.758. The molecule has 14 heavy (non-hydrogen) atoms. The minimum atomic E-state index is 0.00986. The van der Waals surface area contributed by atoms with E-state index in [4.69, 9.17) is 0 Å². The molecule has 76 valence electrons. The van der Waals surface area contributed by atoms with Crippen molar-refractivity contribution >= 4 is 6.03 Å². The Morgan fingerprint density at radius 1 is 1.64 bits per heavy atom. The summed E-state index contributed by atoms with van der Waals surface area (Å²) in [4.78, 5) is 17.3. The summed E-state index contributed by atoms with van der Waals surface area (Å²) in [5.74, 6) is 0.949. The van der Waals surface area contributed by atoms with Gasteiger partial charge in [0.2, 0.25) is 0 Å². The Bertz CT molecular complexity index is 333. The molecule has 0 atom stereocenters. The second kappa shape index (κ2) is 3.69. The van der Waals surface area contributed by atoms with Gasteiger partial charge in [0.1, 0.15) is 5.82 Å². The molecule has 2 amide bonds. The molecule has 1 saturated heterocycles. The van der Waals surface area contributed by atoms with Gasteiger partial charge >= 0.3 is 6.03 Å². The average molecular weight is 194 g/mol. The second-order valence-electron chi connectivity index (χ2n) is 3.28. The van der Waals surface area contributed by atoms with Gasteiger partial charge in [-0.25, -0.2) is 9.78 Å². The Balaban J connectivity index is 2.06. The number of carbonyl (C=O) groups is 1. The highest BCUT2D eigenvalue weighted by Gasteiger charge is 2.20. The topological polar surface area (TPSA) is 50.2 Å². The summed E-state index contributed by atoms with van der Waals surface area (Å²) < 4.78 is 2.05. The van der Waals surface area contributed by atoms with Gasteiger partial charge in [0.15, 0.2) is 0 Å². The number of rotatable bonds is 3. The summed E-state index contributed by atoms with van der Waals surface area (Å²) in [5, 5.41) is 2.77. The molecule has 0 bridgehead atoms. The molecular formula is C9H14N4O. The van der Waals surface area contributed by atoms with Gasteiger partial charge in [0.05, 0.1) is 6.54 Å². The number of nitrogens with one attached hydrogen (secondary N) is 1. The molecule has 0 radical (unpaired) electrons. The zero-order valence-electron chi connectivity index (χ0n) is 8.23. The van der Waals surface area contributed by atoms with Gasteiger partial charge in [-0.1, -0.05) is 0 Å². The predicted molar refractivity (Wildman–Crippen MR) is 51.7 cm³/mol.